The van der Waals surface area contributed by atoms with Crippen molar-refractivity contribution in [2.75, 3.05) is 0 Å². The Morgan fingerprint density at radius 2 is 1.04 bits per heavy atom. The van der Waals surface area contributed by atoms with E-state index >= 15 is 0 Å². The summed E-state index contributed by atoms with van der Waals surface area (Å²) in [6.07, 6.45) is 4.90. The lowest BCUT2D eigenvalue weighted by atomic mass is 9.90. The van der Waals surface area contributed by atoms with Crippen LogP contribution >= 0.6 is 0 Å². The predicted molar refractivity (Wildman–Crippen MR) is 109 cm³/mol. The van der Waals surface area contributed by atoms with Crippen molar-refractivity contribution < 1.29 is 0 Å². The number of hydrogen-bond donors (Lipinski definition) is 0. The molecule has 2 aliphatic heterocycles. The van der Waals surface area contributed by atoms with Gasteiger partial charge in [-0.25, -0.2) is 0 Å². The van der Waals surface area contributed by atoms with Gasteiger partial charge in [0.2, 0.25) is 0 Å². The van der Waals surface area contributed by atoms with E-state index in [1.54, 1.807) is 21.9 Å². The van der Waals surface area contributed by atoms with E-state index in [1.807, 2.05) is 0 Å². The van der Waals surface area contributed by atoms with Crippen molar-refractivity contribution >= 4 is 43.6 Å². The fourth-order valence-corrected chi connectivity index (χ4v) is 5.86. The molecule has 7 rings (SSSR count). The zero-order valence-electron chi connectivity index (χ0n) is 14.8. The van der Waals surface area contributed by atoms with Gasteiger partial charge >= 0.3 is 0 Å². The first-order chi connectivity index (χ1) is 12.9. The lowest BCUT2D eigenvalue weighted by molar-refractivity contribution is 0.645. The van der Waals surface area contributed by atoms with E-state index < -0.39 is 0 Å². The molecule has 0 saturated carbocycles. The van der Waals surface area contributed by atoms with Crippen molar-refractivity contribution in [2.24, 2.45) is 0 Å². The van der Waals surface area contributed by atoms with Crippen LogP contribution in [0.3, 0.4) is 0 Å². The second-order valence-electron chi connectivity index (χ2n) is 7.95. The smallest absolute Gasteiger partial charge is 0.0534 e. The highest BCUT2D eigenvalue weighted by Crippen LogP contribution is 2.46. The third-order valence-corrected chi connectivity index (χ3v) is 6.73. The van der Waals surface area contributed by atoms with E-state index in [0.717, 1.165) is 13.1 Å². The van der Waals surface area contributed by atoms with E-state index in [2.05, 4.69) is 57.7 Å². The molecule has 26 heavy (non-hydrogen) atoms. The Labute approximate surface area is 151 Å². The molecule has 0 bridgehead atoms. The van der Waals surface area contributed by atoms with Gasteiger partial charge in [0.25, 0.3) is 0 Å². The summed E-state index contributed by atoms with van der Waals surface area (Å²) < 4.78 is 5.22. The van der Waals surface area contributed by atoms with Crippen molar-refractivity contribution in [2.45, 2.75) is 38.8 Å². The number of nitrogens with zero attached hydrogens (tertiary/aromatic N) is 2. The standard InChI is InChI=1S/C24H20N2/c1-3-11-19-15(7-1)21-17-9-5-14-26-20-12-4-2-8-16(20)22(24(17)26)18-10-6-13-25(19)23(18)21/h1-4,7-8,11-12H,5-6,9-10,13-14H2. The average molecular weight is 336 g/mol. The molecule has 0 saturated heterocycles. The quantitative estimate of drug-likeness (QED) is 0.338. The van der Waals surface area contributed by atoms with Gasteiger partial charge < -0.3 is 9.13 Å². The van der Waals surface area contributed by atoms with Crippen LogP contribution in [-0.2, 0) is 25.9 Å². The lowest BCUT2D eigenvalue weighted by Gasteiger charge is -2.22. The van der Waals surface area contributed by atoms with Gasteiger partial charge in [-0.3, -0.25) is 0 Å². The zero-order valence-corrected chi connectivity index (χ0v) is 14.8. The van der Waals surface area contributed by atoms with Crippen molar-refractivity contribution in [3.63, 3.8) is 0 Å². The van der Waals surface area contributed by atoms with Gasteiger partial charge in [0.05, 0.1) is 11.0 Å². The molecule has 0 fully saturated rings. The molecule has 3 aromatic carbocycles. The Hall–Kier alpha value is -2.74. The molecule has 2 nitrogen and oxygen atoms in total. The molecule has 2 heteroatoms. The van der Waals surface area contributed by atoms with Gasteiger partial charge in [-0.05, 0) is 48.9 Å². The minimum absolute atomic E-state index is 1.15. The number of benzene rings is 3. The Morgan fingerprint density at radius 1 is 0.577 bits per heavy atom. The second-order valence-corrected chi connectivity index (χ2v) is 7.95. The Bertz CT molecular complexity index is 1270. The fourth-order valence-electron chi connectivity index (χ4n) is 5.86. The van der Waals surface area contributed by atoms with Crippen molar-refractivity contribution in [1.29, 1.82) is 0 Å². The molecule has 0 amide bonds. The molecular formula is C24H20N2. The van der Waals surface area contributed by atoms with Crippen LogP contribution in [0.1, 0.15) is 24.0 Å². The fraction of sp³-hybridized carbons (Fsp3) is 0.250. The highest BCUT2D eigenvalue weighted by atomic mass is 15.0. The van der Waals surface area contributed by atoms with Crippen LogP contribution in [-0.4, -0.2) is 9.13 Å². The Kier molecular flexibility index (Phi) is 2.33. The molecular weight excluding hydrogens is 316 g/mol. The summed E-state index contributed by atoms with van der Waals surface area (Å²) in [4.78, 5) is 0. The van der Waals surface area contributed by atoms with Gasteiger partial charge in [0.15, 0.2) is 0 Å². The molecule has 0 radical (unpaired) electrons. The second kappa shape index (κ2) is 4.50. The minimum atomic E-state index is 1.15. The first-order valence-electron chi connectivity index (χ1n) is 9.89. The first kappa shape index (κ1) is 13.5. The Morgan fingerprint density at radius 3 is 1.54 bits per heavy atom. The first-order valence-corrected chi connectivity index (χ1v) is 9.89. The van der Waals surface area contributed by atoms with E-state index in [-0.39, 0.29) is 0 Å². The molecule has 5 aromatic rings. The topological polar surface area (TPSA) is 9.86 Å². The number of aromatic nitrogens is 2. The van der Waals surface area contributed by atoms with Crippen molar-refractivity contribution in [3.05, 3.63) is 59.7 Å². The Balaban J connectivity index is 1.89. The van der Waals surface area contributed by atoms with E-state index in [9.17, 15) is 0 Å². The van der Waals surface area contributed by atoms with E-state index in [0.29, 0.717) is 0 Å². The van der Waals surface area contributed by atoms with Crippen LogP contribution in [0.5, 0.6) is 0 Å². The van der Waals surface area contributed by atoms with Crippen LogP contribution in [0.2, 0.25) is 0 Å². The van der Waals surface area contributed by atoms with Crippen LogP contribution in [0, 0.1) is 0 Å². The van der Waals surface area contributed by atoms with E-state index in [1.165, 1.54) is 58.5 Å². The van der Waals surface area contributed by atoms with Gasteiger partial charge in [0.1, 0.15) is 0 Å². The average Bonchev–Trinajstić information content (AvgIpc) is 3.22. The van der Waals surface area contributed by atoms with Crippen molar-refractivity contribution in [1.82, 2.24) is 9.13 Å². The number of rotatable bonds is 0. The largest absolute Gasteiger partial charge is 0.340 e. The third kappa shape index (κ3) is 1.39. The highest BCUT2D eigenvalue weighted by Gasteiger charge is 2.28. The number of para-hydroxylation sites is 2. The molecule has 2 aromatic heterocycles. The highest BCUT2D eigenvalue weighted by molar-refractivity contribution is 6.22. The summed E-state index contributed by atoms with van der Waals surface area (Å²) in [5.41, 5.74) is 9.10. The summed E-state index contributed by atoms with van der Waals surface area (Å²) in [6, 6.07) is 18.1. The maximum atomic E-state index is 2.61. The zero-order chi connectivity index (χ0) is 16.8. The van der Waals surface area contributed by atoms with Crippen LogP contribution in [0.25, 0.3) is 43.6 Å². The third-order valence-electron chi connectivity index (χ3n) is 6.73. The number of fused-ring (bicyclic) bond motifs is 8. The summed E-state index contributed by atoms with van der Waals surface area (Å²) in [6.45, 7) is 2.31. The van der Waals surface area contributed by atoms with Gasteiger partial charge in [-0.2, -0.15) is 0 Å². The van der Waals surface area contributed by atoms with Crippen LogP contribution < -0.4 is 0 Å². The van der Waals surface area contributed by atoms with Gasteiger partial charge in [0, 0.05) is 45.7 Å². The minimum Gasteiger partial charge on any atom is -0.340 e. The summed E-state index contributed by atoms with van der Waals surface area (Å²) in [7, 11) is 0. The van der Waals surface area contributed by atoms with Gasteiger partial charge in [-0.1, -0.05) is 36.4 Å². The number of hydrogen-bond acceptors (Lipinski definition) is 0. The van der Waals surface area contributed by atoms with Crippen LogP contribution in [0.4, 0.5) is 0 Å². The number of aryl methyl sites for hydroxylation is 4. The summed E-state index contributed by atoms with van der Waals surface area (Å²) >= 11 is 0. The maximum absolute atomic E-state index is 2.61. The van der Waals surface area contributed by atoms with Gasteiger partial charge in [-0.15, -0.1) is 0 Å². The summed E-state index contributed by atoms with van der Waals surface area (Å²) in [5, 5.41) is 6.01. The molecule has 0 aliphatic carbocycles. The molecule has 0 unspecified atom stereocenters. The maximum Gasteiger partial charge on any atom is 0.0534 e. The molecule has 126 valence electrons. The molecule has 0 spiro atoms. The monoisotopic (exact) mass is 336 g/mol. The van der Waals surface area contributed by atoms with Crippen molar-refractivity contribution in [3.8, 4) is 0 Å². The molecule has 0 atom stereocenters. The molecule has 4 heterocycles. The lowest BCUT2D eigenvalue weighted by Crippen LogP contribution is -2.11. The summed E-state index contributed by atoms with van der Waals surface area (Å²) in [5.74, 6) is 0. The predicted octanol–water partition coefficient (Wildman–Crippen LogP) is 5.79. The molecule has 2 aliphatic rings. The van der Waals surface area contributed by atoms with E-state index in [4.69, 9.17) is 0 Å². The van der Waals surface area contributed by atoms with Crippen LogP contribution in [0.15, 0.2) is 48.5 Å². The normalized spacial score (nSPS) is 16.3. The SMILES string of the molecule is c1ccc2c(c1)c1c3c4c(c5c1n2CCC5)c1ccccc1n4CCC3. The molecule has 0 N–H and O–H groups in total.